The van der Waals surface area contributed by atoms with Crippen LogP contribution in [0, 0.1) is 0 Å². The number of halogens is 1. The van der Waals surface area contributed by atoms with E-state index in [0.29, 0.717) is 18.1 Å². The fraction of sp³-hybridized carbons (Fsp3) is 0.312. The number of thiocarbonyl (C=S) groups is 1. The number of methoxy groups -OCH3 is 1. The lowest BCUT2D eigenvalue weighted by Crippen LogP contribution is -2.36. The molecule has 1 aliphatic rings. The maximum absolute atomic E-state index is 12.6. The summed E-state index contributed by atoms with van der Waals surface area (Å²) in [6, 6.07) is 5.54. The summed E-state index contributed by atoms with van der Waals surface area (Å²) in [6.45, 7) is 2.18. The summed E-state index contributed by atoms with van der Waals surface area (Å²) >= 11 is 8.66. The number of likely N-dealkylation sites (N-methyl/N-ethyl adjacent to an activating group) is 1. The van der Waals surface area contributed by atoms with Crippen LogP contribution in [0.1, 0.15) is 12.5 Å². The zero-order chi connectivity index (χ0) is 17.9. The molecule has 1 aromatic rings. The van der Waals surface area contributed by atoms with Crippen molar-refractivity contribution < 1.29 is 19.1 Å². The van der Waals surface area contributed by atoms with Gasteiger partial charge in [-0.15, -0.1) is 0 Å². The van der Waals surface area contributed by atoms with Gasteiger partial charge in [0.05, 0.1) is 13.7 Å². The number of amides is 1. The van der Waals surface area contributed by atoms with Crippen LogP contribution in [0.5, 0.6) is 5.75 Å². The van der Waals surface area contributed by atoms with E-state index >= 15 is 0 Å². The minimum absolute atomic E-state index is 0.216. The zero-order valence-corrected chi connectivity index (χ0v) is 15.9. The van der Waals surface area contributed by atoms with Crippen LogP contribution in [0.3, 0.4) is 0 Å². The summed E-state index contributed by atoms with van der Waals surface area (Å²) in [5.41, 5.74) is 1.10. The Hall–Kier alpha value is -1.93. The van der Waals surface area contributed by atoms with E-state index in [1.165, 1.54) is 12.0 Å². The molecule has 1 saturated heterocycles. The zero-order valence-electron chi connectivity index (χ0n) is 13.5. The molecular formula is C16H17BrN2O4S. The summed E-state index contributed by atoms with van der Waals surface area (Å²) in [5, 5.41) is 0.254. The number of hydrogen-bond donors (Lipinski definition) is 0. The minimum atomic E-state index is -0.530. The van der Waals surface area contributed by atoms with Crippen molar-refractivity contribution in [2.45, 2.75) is 6.92 Å². The Morgan fingerprint density at radius 3 is 2.75 bits per heavy atom. The van der Waals surface area contributed by atoms with E-state index in [-0.39, 0.29) is 17.6 Å². The molecule has 1 aromatic carbocycles. The Balaban J connectivity index is 2.39. The van der Waals surface area contributed by atoms with Crippen molar-refractivity contribution in [3.8, 4) is 5.75 Å². The van der Waals surface area contributed by atoms with Gasteiger partial charge in [-0.05, 0) is 43.4 Å². The van der Waals surface area contributed by atoms with Crippen molar-refractivity contribution in [3.63, 3.8) is 0 Å². The predicted molar refractivity (Wildman–Crippen MR) is 97.4 cm³/mol. The van der Waals surface area contributed by atoms with Gasteiger partial charge in [0.15, 0.2) is 5.11 Å². The second kappa shape index (κ2) is 7.76. The second-order valence-electron chi connectivity index (χ2n) is 4.95. The molecule has 2 rings (SSSR count). The highest BCUT2D eigenvalue weighted by molar-refractivity contribution is 9.10. The lowest BCUT2D eigenvalue weighted by atomic mass is 10.1. The molecule has 0 spiro atoms. The van der Waals surface area contributed by atoms with Crippen LogP contribution in [0.15, 0.2) is 28.4 Å². The van der Waals surface area contributed by atoms with Gasteiger partial charge in [-0.1, -0.05) is 15.9 Å². The van der Waals surface area contributed by atoms with Gasteiger partial charge in [0, 0.05) is 17.1 Å². The molecule has 0 N–H and O–H groups in total. The van der Waals surface area contributed by atoms with Crippen LogP contribution in [0.4, 0.5) is 0 Å². The Morgan fingerprint density at radius 2 is 2.12 bits per heavy atom. The Kier molecular flexibility index (Phi) is 5.95. The molecule has 6 nitrogen and oxygen atoms in total. The van der Waals surface area contributed by atoms with Crippen LogP contribution in [-0.2, 0) is 14.3 Å². The Bertz CT molecular complexity index is 720. The van der Waals surface area contributed by atoms with Gasteiger partial charge in [0.2, 0.25) is 0 Å². The van der Waals surface area contributed by atoms with Crippen LogP contribution < -0.4 is 4.74 Å². The molecule has 0 aliphatic carbocycles. The molecule has 0 atom stereocenters. The summed E-state index contributed by atoms with van der Waals surface area (Å²) in [5.74, 6) is -0.222. The van der Waals surface area contributed by atoms with Gasteiger partial charge in [0.25, 0.3) is 5.91 Å². The Morgan fingerprint density at radius 1 is 1.42 bits per heavy atom. The van der Waals surface area contributed by atoms with Crippen LogP contribution in [0.25, 0.3) is 6.08 Å². The standard InChI is InChI=1S/C16H17BrN2O4S/c1-4-23-13-6-5-11(17)7-10(13)8-12-15(21)19(9-14(20)22-3)16(24)18(12)2/h5-8H,4,9H2,1-3H3/b12-8-. The topological polar surface area (TPSA) is 59.1 Å². The van der Waals surface area contributed by atoms with Gasteiger partial charge < -0.3 is 14.4 Å². The summed E-state index contributed by atoms with van der Waals surface area (Å²) in [7, 11) is 2.95. The smallest absolute Gasteiger partial charge is 0.325 e. The van der Waals surface area contributed by atoms with E-state index < -0.39 is 5.97 Å². The van der Waals surface area contributed by atoms with Gasteiger partial charge >= 0.3 is 5.97 Å². The highest BCUT2D eigenvalue weighted by Gasteiger charge is 2.37. The van der Waals surface area contributed by atoms with E-state index in [1.54, 1.807) is 18.0 Å². The van der Waals surface area contributed by atoms with Crippen LogP contribution in [0.2, 0.25) is 0 Å². The molecule has 1 heterocycles. The number of hydrogen-bond acceptors (Lipinski definition) is 5. The SMILES string of the molecule is CCOc1ccc(Br)cc1/C=C1/C(=O)N(CC(=O)OC)C(=S)N1C. The number of esters is 1. The highest BCUT2D eigenvalue weighted by Crippen LogP contribution is 2.29. The van der Waals surface area contributed by atoms with Crippen molar-refractivity contribution in [3.05, 3.63) is 33.9 Å². The molecule has 0 radical (unpaired) electrons. The van der Waals surface area contributed by atoms with Crippen molar-refractivity contribution in [1.29, 1.82) is 0 Å². The van der Waals surface area contributed by atoms with E-state index in [9.17, 15) is 9.59 Å². The van der Waals surface area contributed by atoms with E-state index in [1.807, 2.05) is 25.1 Å². The molecule has 1 amide bonds. The molecule has 0 unspecified atom stereocenters. The first kappa shape index (κ1) is 18.4. The first-order chi connectivity index (χ1) is 11.4. The molecule has 1 aliphatic heterocycles. The normalized spacial score (nSPS) is 16.1. The van der Waals surface area contributed by atoms with E-state index in [4.69, 9.17) is 17.0 Å². The van der Waals surface area contributed by atoms with Gasteiger partial charge in [-0.2, -0.15) is 0 Å². The number of carbonyl (C=O) groups is 2. The van der Waals surface area contributed by atoms with Gasteiger partial charge in [-0.3, -0.25) is 14.5 Å². The van der Waals surface area contributed by atoms with Crippen molar-refractivity contribution in [1.82, 2.24) is 9.80 Å². The molecule has 8 heteroatoms. The molecule has 128 valence electrons. The number of rotatable bonds is 5. The molecule has 24 heavy (non-hydrogen) atoms. The van der Waals surface area contributed by atoms with Crippen LogP contribution in [-0.4, -0.2) is 54.1 Å². The monoisotopic (exact) mass is 412 g/mol. The summed E-state index contributed by atoms with van der Waals surface area (Å²) in [6.07, 6.45) is 1.70. The van der Waals surface area contributed by atoms with E-state index in [0.717, 1.165) is 10.0 Å². The van der Waals surface area contributed by atoms with Gasteiger partial charge in [0.1, 0.15) is 18.0 Å². The average Bonchev–Trinajstić information content (AvgIpc) is 2.75. The lowest BCUT2D eigenvalue weighted by Gasteiger charge is -2.14. The van der Waals surface area contributed by atoms with Crippen molar-refractivity contribution in [2.75, 3.05) is 27.3 Å². The number of carbonyl (C=O) groups excluding carboxylic acids is 2. The molecular weight excluding hydrogens is 396 g/mol. The minimum Gasteiger partial charge on any atom is -0.493 e. The van der Waals surface area contributed by atoms with E-state index in [2.05, 4.69) is 20.7 Å². The third-order valence-electron chi connectivity index (χ3n) is 3.42. The second-order valence-corrected chi connectivity index (χ2v) is 6.23. The third kappa shape index (κ3) is 3.76. The predicted octanol–water partition coefficient (Wildman–Crippen LogP) is 2.42. The number of nitrogens with zero attached hydrogens (tertiary/aromatic N) is 2. The quantitative estimate of drug-likeness (QED) is 0.420. The largest absolute Gasteiger partial charge is 0.493 e. The Labute approximate surface area is 154 Å². The van der Waals surface area contributed by atoms with Crippen molar-refractivity contribution in [2.24, 2.45) is 0 Å². The maximum atomic E-state index is 12.6. The highest BCUT2D eigenvalue weighted by atomic mass is 79.9. The molecule has 0 bridgehead atoms. The molecule has 0 aromatic heterocycles. The first-order valence-corrected chi connectivity index (χ1v) is 8.39. The fourth-order valence-corrected chi connectivity index (χ4v) is 2.84. The summed E-state index contributed by atoms with van der Waals surface area (Å²) < 4.78 is 11.1. The maximum Gasteiger partial charge on any atom is 0.325 e. The third-order valence-corrected chi connectivity index (χ3v) is 4.41. The van der Waals surface area contributed by atoms with Crippen molar-refractivity contribution >= 4 is 51.2 Å². The lowest BCUT2D eigenvalue weighted by molar-refractivity contribution is -0.143. The van der Waals surface area contributed by atoms with Crippen LogP contribution >= 0.6 is 28.1 Å². The number of benzene rings is 1. The fourth-order valence-electron chi connectivity index (χ4n) is 2.21. The average molecular weight is 413 g/mol. The first-order valence-electron chi connectivity index (χ1n) is 7.19. The summed E-state index contributed by atoms with van der Waals surface area (Å²) in [4.78, 5) is 26.9. The number of ether oxygens (including phenoxy) is 2. The molecule has 1 fully saturated rings. The molecule has 0 saturated carbocycles. The van der Waals surface area contributed by atoms with Gasteiger partial charge in [-0.25, -0.2) is 0 Å².